The van der Waals surface area contributed by atoms with Crippen LogP contribution in [-0.4, -0.2) is 23.3 Å². The van der Waals surface area contributed by atoms with E-state index in [1.807, 2.05) is 0 Å². The van der Waals surface area contributed by atoms with Gasteiger partial charge in [-0.2, -0.15) is 0 Å². The van der Waals surface area contributed by atoms with Gasteiger partial charge in [-0.3, -0.25) is 9.59 Å². The van der Waals surface area contributed by atoms with Gasteiger partial charge in [-0.1, -0.05) is 24.3 Å². The summed E-state index contributed by atoms with van der Waals surface area (Å²) in [5.74, 6) is -3.51. The third kappa shape index (κ3) is 4.06. The molecule has 130 valence electrons. The number of hydrogen-bond donors (Lipinski definition) is 2. The molecule has 0 saturated carbocycles. The van der Waals surface area contributed by atoms with Crippen molar-refractivity contribution in [1.29, 1.82) is 0 Å². The van der Waals surface area contributed by atoms with Crippen molar-refractivity contribution in [3.05, 3.63) is 42.0 Å². The summed E-state index contributed by atoms with van der Waals surface area (Å²) >= 11 is 0. The third-order valence-corrected chi connectivity index (χ3v) is 3.75. The number of halogens is 3. The van der Waals surface area contributed by atoms with Crippen LogP contribution in [0.5, 0.6) is 5.75 Å². The molecular formula is C16H16F3NO4. The van der Waals surface area contributed by atoms with Crippen molar-refractivity contribution >= 4 is 11.9 Å². The number of hydrogen-bond acceptors (Lipinski definition) is 3. The maximum atomic E-state index is 12.2. The molecule has 0 fully saturated rings. The van der Waals surface area contributed by atoms with Crippen molar-refractivity contribution in [3.63, 3.8) is 0 Å². The molecule has 2 atom stereocenters. The summed E-state index contributed by atoms with van der Waals surface area (Å²) in [5, 5.41) is 11.7. The fraction of sp³-hybridized carbons (Fsp3) is 0.375. The van der Waals surface area contributed by atoms with Gasteiger partial charge in [0, 0.05) is 0 Å². The van der Waals surface area contributed by atoms with Crippen LogP contribution in [0.1, 0.15) is 19.4 Å². The zero-order chi connectivity index (χ0) is 18.1. The molecular weight excluding hydrogens is 327 g/mol. The second kappa shape index (κ2) is 6.18. The minimum absolute atomic E-state index is 0.360. The Bertz CT molecular complexity index is 665. The Hall–Kier alpha value is -2.51. The minimum atomic E-state index is -4.77. The van der Waals surface area contributed by atoms with Crippen LogP contribution in [0.15, 0.2) is 36.4 Å². The van der Waals surface area contributed by atoms with E-state index in [-0.39, 0.29) is 5.75 Å². The van der Waals surface area contributed by atoms with E-state index in [0.29, 0.717) is 5.56 Å². The van der Waals surface area contributed by atoms with Crippen LogP contribution in [0.3, 0.4) is 0 Å². The number of benzene rings is 1. The first-order valence-corrected chi connectivity index (χ1v) is 7.09. The van der Waals surface area contributed by atoms with Gasteiger partial charge >= 0.3 is 12.3 Å². The van der Waals surface area contributed by atoms with Crippen LogP contribution in [0.2, 0.25) is 0 Å². The second-order valence-corrected chi connectivity index (χ2v) is 5.96. The van der Waals surface area contributed by atoms with Crippen molar-refractivity contribution in [1.82, 2.24) is 5.32 Å². The Morgan fingerprint density at radius 2 is 1.62 bits per heavy atom. The van der Waals surface area contributed by atoms with Crippen LogP contribution in [0.4, 0.5) is 13.2 Å². The Morgan fingerprint density at radius 1 is 1.08 bits per heavy atom. The number of carbonyl (C=O) groups is 2. The van der Waals surface area contributed by atoms with Crippen LogP contribution in [0.25, 0.3) is 0 Å². The van der Waals surface area contributed by atoms with Crippen LogP contribution >= 0.6 is 0 Å². The number of alkyl halides is 3. The number of amides is 1. The zero-order valence-corrected chi connectivity index (χ0v) is 12.9. The molecule has 1 aromatic rings. The van der Waals surface area contributed by atoms with Crippen LogP contribution in [0, 0.1) is 11.8 Å². The van der Waals surface area contributed by atoms with Crippen LogP contribution in [-0.2, 0) is 15.1 Å². The van der Waals surface area contributed by atoms with Crippen molar-refractivity contribution in [2.75, 3.05) is 0 Å². The lowest BCUT2D eigenvalue weighted by Gasteiger charge is -2.32. The normalized spacial score (nSPS) is 20.2. The van der Waals surface area contributed by atoms with E-state index in [1.165, 1.54) is 24.3 Å². The van der Waals surface area contributed by atoms with Gasteiger partial charge in [0.2, 0.25) is 5.91 Å². The smallest absolute Gasteiger partial charge is 0.481 e. The maximum Gasteiger partial charge on any atom is 0.573 e. The highest BCUT2D eigenvalue weighted by atomic mass is 19.4. The number of carboxylic acid groups (broad SMARTS) is 1. The largest absolute Gasteiger partial charge is 0.573 e. The highest BCUT2D eigenvalue weighted by Crippen LogP contribution is 2.30. The molecule has 0 saturated heterocycles. The molecule has 2 rings (SSSR count). The lowest BCUT2D eigenvalue weighted by molar-refractivity contribution is -0.274. The number of ether oxygens (including phenoxy) is 1. The molecule has 0 unspecified atom stereocenters. The molecule has 1 amide bonds. The van der Waals surface area contributed by atoms with E-state index in [2.05, 4.69) is 10.1 Å². The fourth-order valence-electron chi connectivity index (χ4n) is 2.36. The van der Waals surface area contributed by atoms with Gasteiger partial charge in [0.25, 0.3) is 0 Å². The summed E-state index contributed by atoms with van der Waals surface area (Å²) in [6, 6.07) is 5.12. The van der Waals surface area contributed by atoms with Gasteiger partial charge in [0.15, 0.2) is 0 Å². The second-order valence-electron chi connectivity index (χ2n) is 5.96. The molecule has 0 aromatic heterocycles. The lowest BCUT2D eigenvalue weighted by atomic mass is 9.80. The Morgan fingerprint density at radius 3 is 2.04 bits per heavy atom. The van der Waals surface area contributed by atoms with Crippen molar-refractivity contribution in [2.45, 2.75) is 25.7 Å². The van der Waals surface area contributed by atoms with E-state index < -0.39 is 35.6 Å². The summed E-state index contributed by atoms with van der Waals surface area (Å²) in [6.45, 7) is 3.34. The van der Waals surface area contributed by atoms with E-state index in [1.54, 1.807) is 13.8 Å². The van der Waals surface area contributed by atoms with Gasteiger partial charge in [-0.25, -0.2) is 0 Å². The number of nitrogens with one attached hydrogen (secondary N) is 1. The molecule has 0 bridgehead atoms. The predicted octanol–water partition coefficient (Wildman–Crippen LogP) is 2.82. The first-order valence-electron chi connectivity index (χ1n) is 7.09. The molecule has 0 spiro atoms. The summed E-state index contributed by atoms with van der Waals surface area (Å²) < 4.78 is 40.2. The monoisotopic (exact) mass is 343 g/mol. The predicted molar refractivity (Wildman–Crippen MR) is 78.0 cm³/mol. The molecule has 0 heterocycles. The Balaban J connectivity index is 2.06. The molecule has 8 heteroatoms. The molecule has 0 aliphatic heterocycles. The quantitative estimate of drug-likeness (QED) is 0.806. The SMILES string of the molecule is CC(C)(NC(=O)[C@@H]1C=C[C@@H]1C(=O)O)c1ccc(OC(F)(F)F)cc1. The topological polar surface area (TPSA) is 75.6 Å². The average Bonchev–Trinajstić information content (AvgIpc) is 2.34. The van der Waals surface area contributed by atoms with E-state index in [4.69, 9.17) is 5.11 Å². The molecule has 2 N–H and O–H groups in total. The van der Waals surface area contributed by atoms with Gasteiger partial charge in [-0.15, -0.1) is 13.2 Å². The molecule has 0 radical (unpaired) electrons. The standard InChI is InChI=1S/C16H16F3NO4/c1-15(2,20-13(21)11-7-8-12(11)14(22)23)9-3-5-10(6-4-9)24-16(17,18)19/h3-8,11-12H,1-2H3,(H,20,21)(H,22,23)/t11-,12+/m1/s1. The third-order valence-electron chi connectivity index (χ3n) is 3.75. The van der Waals surface area contributed by atoms with Gasteiger partial charge in [0.1, 0.15) is 5.75 Å². The molecule has 24 heavy (non-hydrogen) atoms. The first kappa shape index (κ1) is 17.8. The Labute approximate surface area is 136 Å². The van der Waals surface area contributed by atoms with E-state index >= 15 is 0 Å². The highest BCUT2D eigenvalue weighted by Gasteiger charge is 2.38. The summed E-state index contributed by atoms with van der Waals surface area (Å²) in [7, 11) is 0. The zero-order valence-electron chi connectivity index (χ0n) is 12.9. The van der Waals surface area contributed by atoms with E-state index in [0.717, 1.165) is 12.1 Å². The minimum Gasteiger partial charge on any atom is -0.481 e. The maximum absolute atomic E-state index is 12.2. The molecule has 1 aromatic carbocycles. The Kier molecular flexibility index (Phi) is 4.59. The number of aliphatic carboxylic acids is 1. The van der Waals surface area contributed by atoms with Crippen molar-refractivity contribution < 1.29 is 32.6 Å². The molecule has 5 nitrogen and oxygen atoms in total. The number of carbonyl (C=O) groups excluding carboxylic acids is 1. The van der Waals surface area contributed by atoms with Gasteiger partial charge in [-0.05, 0) is 31.5 Å². The highest BCUT2D eigenvalue weighted by molar-refractivity contribution is 5.90. The summed E-state index contributed by atoms with van der Waals surface area (Å²) in [4.78, 5) is 23.1. The van der Waals surface area contributed by atoms with Gasteiger partial charge in [0.05, 0.1) is 17.4 Å². The summed E-state index contributed by atoms with van der Waals surface area (Å²) in [5.41, 5.74) is -0.332. The van der Waals surface area contributed by atoms with Crippen molar-refractivity contribution in [3.8, 4) is 5.75 Å². The number of carboxylic acids is 1. The molecule has 1 aliphatic rings. The van der Waals surface area contributed by atoms with Gasteiger partial charge < -0.3 is 15.2 Å². The lowest BCUT2D eigenvalue weighted by Crippen LogP contribution is -2.47. The van der Waals surface area contributed by atoms with Crippen LogP contribution < -0.4 is 10.1 Å². The first-order chi connectivity index (χ1) is 11.0. The molecule has 1 aliphatic carbocycles. The van der Waals surface area contributed by atoms with Crippen molar-refractivity contribution in [2.24, 2.45) is 11.8 Å². The number of rotatable bonds is 5. The van der Waals surface area contributed by atoms with E-state index in [9.17, 15) is 22.8 Å². The summed E-state index contributed by atoms with van der Waals surface area (Å²) in [6.07, 6.45) is -1.83. The fourth-order valence-corrected chi connectivity index (χ4v) is 2.36. The average molecular weight is 343 g/mol.